The van der Waals surface area contributed by atoms with Crippen LogP contribution in [0.4, 0.5) is 0 Å². The van der Waals surface area contributed by atoms with E-state index in [4.69, 9.17) is 20.6 Å². The summed E-state index contributed by atoms with van der Waals surface area (Å²) >= 11 is 0. The third-order valence-electron chi connectivity index (χ3n) is 10.3. The Kier molecular flexibility index (Phi) is 23.3. The van der Waals surface area contributed by atoms with E-state index in [1.165, 1.54) is 0 Å². The van der Waals surface area contributed by atoms with Crippen LogP contribution in [0.5, 0.6) is 0 Å². The molecule has 1 saturated carbocycles. The third-order valence-corrected chi connectivity index (χ3v) is 10.3. The van der Waals surface area contributed by atoms with Gasteiger partial charge in [0.1, 0.15) is 24.4 Å². The minimum Gasteiger partial charge on any atom is -0.479 e. The molecule has 14 nitrogen and oxygen atoms in total. The van der Waals surface area contributed by atoms with E-state index >= 15 is 0 Å². The lowest BCUT2D eigenvalue weighted by molar-refractivity contribution is -0.303. The van der Waals surface area contributed by atoms with Gasteiger partial charge in [0.05, 0.1) is 6.10 Å². The Morgan fingerprint density at radius 3 is 2.13 bits per heavy atom. The Labute approximate surface area is 355 Å². The van der Waals surface area contributed by atoms with Crippen molar-refractivity contribution in [1.82, 2.24) is 10.2 Å². The highest BCUT2D eigenvalue weighted by molar-refractivity contribution is 6.15. The monoisotopic (exact) mass is 836 g/mol. The molecule has 2 fully saturated rings. The molecule has 2 rings (SSSR count). The Balaban J connectivity index is 2.01. The zero-order valence-corrected chi connectivity index (χ0v) is 36.0. The number of rotatable bonds is 24. The number of allylic oxidation sites excluding steroid dienone is 13. The van der Waals surface area contributed by atoms with Crippen molar-refractivity contribution in [3.05, 3.63) is 96.2 Å². The molecule has 1 aliphatic heterocycles. The van der Waals surface area contributed by atoms with Crippen molar-refractivity contribution in [2.24, 2.45) is 23.5 Å². The lowest BCUT2D eigenvalue weighted by Crippen LogP contribution is -2.61. The molecule has 0 radical (unpaired) electrons. The second-order valence-corrected chi connectivity index (χ2v) is 15.8. The Hall–Kier alpha value is -4.73. The smallest absolute Gasteiger partial charge is 0.335 e. The van der Waals surface area contributed by atoms with E-state index in [0.29, 0.717) is 11.5 Å². The summed E-state index contributed by atoms with van der Waals surface area (Å²) in [6, 6.07) is -1.06. The zero-order valence-electron chi connectivity index (χ0n) is 36.0. The van der Waals surface area contributed by atoms with Gasteiger partial charge in [0.25, 0.3) is 0 Å². The number of carboxylic acid groups (broad SMARTS) is 1. The maximum absolute atomic E-state index is 12.3. The van der Waals surface area contributed by atoms with Crippen molar-refractivity contribution in [3.63, 3.8) is 0 Å². The molecule has 1 saturated heterocycles. The van der Waals surface area contributed by atoms with Gasteiger partial charge in [-0.05, 0) is 69.8 Å². The highest BCUT2D eigenvalue weighted by Gasteiger charge is 2.48. The van der Waals surface area contributed by atoms with Crippen LogP contribution in [0.15, 0.2) is 96.2 Å². The summed E-state index contributed by atoms with van der Waals surface area (Å²) in [5.41, 5.74) is 6.66. The van der Waals surface area contributed by atoms with E-state index in [1.54, 1.807) is 54.4 Å². The minimum absolute atomic E-state index is 0.0805. The van der Waals surface area contributed by atoms with E-state index < -0.39 is 54.7 Å². The number of carbonyl (C=O) groups is 4. The first-order valence-corrected chi connectivity index (χ1v) is 20.8. The number of aliphatic hydroxyl groups is 3. The number of Topliss-reactive ketones (excluding diaryl/α,β-unsaturated/α-hetero) is 2. The number of unbranched alkanes of at least 4 members (excludes halogenated alkanes) is 2. The number of hydrogen-bond donors (Lipinski definition) is 7. The Morgan fingerprint density at radius 2 is 1.50 bits per heavy atom. The van der Waals surface area contributed by atoms with Crippen molar-refractivity contribution < 1.29 is 49.1 Å². The maximum Gasteiger partial charge on any atom is 0.335 e. The number of nitrogens with zero attached hydrogens (tertiary/aromatic N) is 1. The molecule has 0 aromatic rings. The van der Waals surface area contributed by atoms with Crippen molar-refractivity contribution in [2.75, 3.05) is 13.6 Å². The Bertz CT molecular complexity index is 1660. The van der Waals surface area contributed by atoms with Gasteiger partial charge in [0.15, 0.2) is 29.9 Å². The van der Waals surface area contributed by atoms with Crippen LogP contribution in [0, 0.1) is 23.2 Å². The molecule has 0 aromatic heterocycles. The molecular weight excluding hydrogens is 769 g/mol. The summed E-state index contributed by atoms with van der Waals surface area (Å²) < 4.78 is 11.7. The summed E-state index contributed by atoms with van der Waals surface area (Å²) in [6.07, 6.45) is 23.4. The van der Waals surface area contributed by atoms with Gasteiger partial charge in [-0.1, -0.05) is 106 Å². The van der Waals surface area contributed by atoms with Crippen LogP contribution >= 0.6 is 0 Å². The summed E-state index contributed by atoms with van der Waals surface area (Å²) in [5.74, 6) is -2.13. The van der Waals surface area contributed by atoms with Crippen LogP contribution in [-0.4, -0.2) is 111 Å². The van der Waals surface area contributed by atoms with Gasteiger partial charge < -0.3 is 45.9 Å². The molecule has 1 heterocycles. The molecule has 8 N–H and O–H groups in total. The lowest BCUT2D eigenvalue weighted by atomic mass is 9.92. The van der Waals surface area contributed by atoms with Crippen molar-refractivity contribution in [2.45, 2.75) is 129 Å². The van der Waals surface area contributed by atoms with Gasteiger partial charge in [-0.25, -0.2) is 4.79 Å². The van der Waals surface area contributed by atoms with E-state index in [9.17, 15) is 39.6 Å². The summed E-state index contributed by atoms with van der Waals surface area (Å²) in [5, 5.41) is 50.8. The van der Waals surface area contributed by atoms with Crippen LogP contribution < -0.4 is 11.1 Å². The Morgan fingerprint density at radius 1 is 0.883 bits per heavy atom. The van der Waals surface area contributed by atoms with E-state index in [2.05, 4.69) is 49.5 Å². The molecule has 0 aromatic carbocycles. The van der Waals surface area contributed by atoms with Gasteiger partial charge in [0, 0.05) is 37.9 Å². The first-order chi connectivity index (χ1) is 28.4. The van der Waals surface area contributed by atoms with Crippen LogP contribution in [0.1, 0.15) is 86.0 Å². The van der Waals surface area contributed by atoms with Gasteiger partial charge in [-0.2, -0.15) is 0 Å². The van der Waals surface area contributed by atoms with E-state index in [0.717, 1.165) is 50.6 Å². The first-order valence-electron chi connectivity index (χ1n) is 20.8. The van der Waals surface area contributed by atoms with Gasteiger partial charge in [0.2, 0.25) is 5.91 Å². The number of nitrogens with two attached hydrogens (primary N) is 1. The zero-order chi connectivity index (χ0) is 44.8. The summed E-state index contributed by atoms with van der Waals surface area (Å²) in [6.45, 7) is 10.4. The van der Waals surface area contributed by atoms with Gasteiger partial charge in [-0.3, -0.25) is 19.8 Å². The van der Waals surface area contributed by atoms with E-state index in [-0.39, 0.29) is 42.2 Å². The third kappa shape index (κ3) is 18.3. The fourth-order valence-electron chi connectivity index (χ4n) is 6.60. The predicted molar refractivity (Wildman–Crippen MR) is 232 cm³/mol. The summed E-state index contributed by atoms with van der Waals surface area (Å²) in [7, 11) is 1.81. The number of ether oxygens (including phenoxy) is 2. The minimum atomic E-state index is -1.83. The maximum atomic E-state index is 12.3. The number of ketones is 2. The predicted octanol–water partition coefficient (Wildman–Crippen LogP) is 4.98. The largest absolute Gasteiger partial charge is 0.479 e. The van der Waals surface area contributed by atoms with Crippen LogP contribution in [0.2, 0.25) is 0 Å². The lowest BCUT2D eigenvalue weighted by Gasteiger charge is -2.40. The number of amides is 1. The molecule has 9 unspecified atom stereocenters. The molecule has 1 aliphatic carbocycles. The summed E-state index contributed by atoms with van der Waals surface area (Å²) in [4.78, 5) is 49.4. The number of hydrogen-bond acceptors (Lipinski definition) is 10. The van der Waals surface area contributed by atoms with Crippen LogP contribution in [0.3, 0.4) is 0 Å². The van der Waals surface area contributed by atoms with E-state index in [1.807, 2.05) is 33.0 Å². The van der Waals surface area contributed by atoms with Gasteiger partial charge in [-0.15, -0.1) is 0 Å². The fourth-order valence-corrected chi connectivity index (χ4v) is 6.60. The molecule has 0 spiro atoms. The molecule has 9 atom stereocenters. The topological polar surface area (TPSA) is 233 Å². The SMILES string of the molecule is CC(=CC=C/C=C/C=C/C=CC(C)C(OC1OC(C(=O)O)C(O)C(O)C1O)C(C)=CC(C)CCCC=CC(C)CC=CCCCN(C)C(=N)N)C(=O)NC1C(=O)CCC1=O. The molecular formula is C46H68N4O10. The number of carboxylic acids is 1. The number of nitrogens with one attached hydrogen (secondary N) is 2. The average molecular weight is 837 g/mol. The normalized spacial score (nSPS) is 24.4. The number of guanidine groups is 1. The number of aliphatic hydroxyl groups excluding tert-OH is 3. The second-order valence-electron chi connectivity index (χ2n) is 15.8. The van der Waals surface area contributed by atoms with Crippen LogP contribution in [-0.2, 0) is 28.7 Å². The molecule has 2 aliphatic rings. The molecule has 14 heteroatoms. The number of aliphatic carboxylic acids is 1. The average Bonchev–Trinajstić information content (AvgIpc) is 3.51. The number of carbonyl (C=O) groups excluding carboxylic acids is 3. The highest BCUT2D eigenvalue weighted by Crippen LogP contribution is 2.29. The fraction of sp³-hybridized carbons (Fsp3) is 0.543. The molecule has 1 amide bonds. The van der Waals surface area contributed by atoms with Crippen molar-refractivity contribution >= 4 is 29.4 Å². The van der Waals surface area contributed by atoms with Crippen LogP contribution in [0.25, 0.3) is 0 Å². The second kappa shape index (κ2) is 27.2. The highest BCUT2D eigenvalue weighted by atomic mass is 16.7. The van der Waals surface area contributed by atoms with Crippen molar-refractivity contribution in [3.8, 4) is 0 Å². The quantitative estimate of drug-likeness (QED) is 0.0130. The van der Waals surface area contributed by atoms with Gasteiger partial charge >= 0.3 is 5.97 Å². The standard InChI is InChI=1S/C46H68N4O10/c1-30(21-15-12-13-20-28-50(6)46(47)48)22-16-14-17-23-31(2)29-34(5)41(59-45-40(55)38(53)39(54)42(60-45)44(57)58)32(3)24-18-10-8-7-9-11-19-25-33(4)43(56)49-37-35(51)26-27-36(37)52/h7-12,15-16,18-19,22,24-25,29-32,37-42,45,53-55H,13-14,17,20-21,23,26-28H2,1-6H3,(H3,47,48)(H,49,56)(H,57,58)/b9-7+,10-8+,15-12?,19-11?,22-16?,24-18?,33-25?,34-29?. The molecule has 60 heavy (non-hydrogen) atoms. The molecule has 0 bridgehead atoms. The first kappa shape index (κ1) is 51.4. The van der Waals surface area contributed by atoms with Crippen molar-refractivity contribution in [1.29, 1.82) is 5.41 Å². The molecule has 332 valence electrons.